The van der Waals surface area contributed by atoms with Crippen molar-refractivity contribution in [1.29, 1.82) is 5.26 Å². The molecule has 10 heteroatoms. The number of aliphatic hydroxyl groups is 1. The van der Waals surface area contributed by atoms with Gasteiger partial charge in [0.2, 0.25) is 5.95 Å². The van der Waals surface area contributed by atoms with Gasteiger partial charge in [-0.05, 0) is 44.2 Å². The molecule has 0 radical (unpaired) electrons. The summed E-state index contributed by atoms with van der Waals surface area (Å²) in [4.78, 5) is 12.6. The van der Waals surface area contributed by atoms with Gasteiger partial charge in [-0.2, -0.15) is 10.2 Å². The average molecular weight is 437 g/mol. The SMILES string of the molecule is N#CCCC12C[C@H]3C[C@H](Nc4nc(Nc5ncc(CO)s5)c5cccn5n4)C[C@@H](C1)N32. The van der Waals surface area contributed by atoms with Crippen LogP contribution in [0.4, 0.5) is 16.9 Å². The maximum absolute atomic E-state index is 9.30. The van der Waals surface area contributed by atoms with E-state index in [4.69, 9.17) is 10.2 Å². The Morgan fingerprint density at radius 3 is 2.90 bits per heavy atom. The fourth-order valence-electron chi connectivity index (χ4n) is 5.91. The van der Waals surface area contributed by atoms with Crippen LogP contribution in [0.5, 0.6) is 0 Å². The lowest BCUT2D eigenvalue weighted by Gasteiger charge is -2.74. The van der Waals surface area contributed by atoms with Crippen LogP contribution in [0.3, 0.4) is 0 Å². The lowest BCUT2D eigenvalue weighted by Crippen LogP contribution is -2.81. The van der Waals surface area contributed by atoms with Crippen LogP contribution in [-0.2, 0) is 6.61 Å². The molecule has 6 heterocycles. The molecule has 1 unspecified atom stereocenters. The van der Waals surface area contributed by atoms with E-state index >= 15 is 0 Å². The first-order chi connectivity index (χ1) is 15.2. The molecule has 0 bridgehead atoms. The first kappa shape index (κ1) is 19.0. The fourth-order valence-corrected chi connectivity index (χ4v) is 6.58. The smallest absolute Gasteiger partial charge is 0.243 e. The largest absolute Gasteiger partial charge is 0.391 e. The number of hydrogen-bond donors (Lipinski definition) is 3. The van der Waals surface area contributed by atoms with Crippen molar-refractivity contribution in [2.24, 2.45) is 0 Å². The number of nitrogens with zero attached hydrogens (tertiary/aromatic N) is 6. The topological polar surface area (TPSA) is 114 Å². The van der Waals surface area contributed by atoms with E-state index in [1.807, 2.05) is 22.8 Å². The minimum absolute atomic E-state index is 0.0186. The molecule has 3 aromatic rings. The molecule has 3 N–H and O–H groups in total. The molecular weight excluding hydrogens is 412 g/mol. The van der Waals surface area contributed by atoms with E-state index in [2.05, 4.69) is 31.7 Å². The molecule has 3 aromatic heterocycles. The molecule has 3 aliphatic heterocycles. The van der Waals surface area contributed by atoms with Gasteiger partial charge in [0.25, 0.3) is 0 Å². The predicted octanol–water partition coefficient (Wildman–Crippen LogP) is 2.89. The van der Waals surface area contributed by atoms with Crippen LogP contribution in [0.1, 0.15) is 43.4 Å². The standard InChI is InChI=1S/C21H24N8OS/c22-5-2-4-21-9-14-7-13(8-15(10-21)29(14)21)24-19-25-18(17-3-1-6-28(17)27-19)26-20-23-11-16(12-30)31-20/h1,3,6,11,13-15,30H,2,4,7-10,12H2,(H2,23,24,25,26,27)/t13-,14+,15-,21?. The molecule has 9 nitrogen and oxygen atoms in total. The normalized spacial score (nSPS) is 29.0. The van der Waals surface area contributed by atoms with Crippen LogP contribution < -0.4 is 10.6 Å². The van der Waals surface area contributed by atoms with E-state index in [0.29, 0.717) is 47.0 Å². The number of thiazole rings is 1. The van der Waals surface area contributed by atoms with Crippen molar-refractivity contribution in [2.45, 2.75) is 68.8 Å². The highest BCUT2D eigenvalue weighted by molar-refractivity contribution is 7.15. The Morgan fingerprint density at radius 2 is 2.16 bits per heavy atom. The summed E-state index contributed by atoms with van der Waals surface area (Å²) in [5.41, 5.74) is 1.20. The lowest BCUT2D eigenvalue weighted by molar-refractivity contribution is -0.222. The first-order valence-corrected chi connectivity index (χ1v) is 11.6. The molecule has 0 spiro atoms. The first-order valence-electron chi connectivity index (χ1n) is 10.8. The monoisotopic (exact) mass is 436 g/mol. The average Bonchev–Trinajstić information content (AvgIpc) is 3.38. The summed E-state index contributed by atoms with van der Waals surface area (Å²) in [6, 6.07) is 7.81. The predicted molar refractivity (Wildman–Crippen MR) is 117 cm³/mol. The van der Waals surface area contributed by atoms with E-state index in [1.165, 1.54) is 24.2 Å². The Hall–Kier alpha value is -2.74. The molecule has 31 heavy (non-hydrogen) atoms. The Morgan fingerprint density at radius 1 is 1.32 bits per heavy atom. The van der Waals surface area contributed by atoms with Gasteiger partial charge in [-0.3, -0.25) is 4.90 Å². The summed E-state index contributed by atoms with van der Waals surface area (Å²) >= 11 is 1.41. The van der Waals surface area contributed by atoms with Crippen molar-refractivity contribution in [3.05, 3.63) is 29.4 Å². The van der Waals surface area contributed by atoms with E-state index in [0.717, 1.165) is 29.7 Å². The number of anilines is 3. The maximum Gasteiger partial charge on any atom is 0.243 e. The number of aliphatic hydroxyl groups excluding tert-OH is 1. The van der Waals surface area contributed by atoms with Gasteiger partial charge in [0.15, 0.2) is 10.9 Å². The molecule has 0 saturated carbocycles. The number of nitrogens with one attached hydrogen (secondary N) is 2. The van der Waals surface area contributed by atoms with E-state index in [-0.39, 0.29) is 6.61 Å². The van der Waals surface area contributed by atoms with Gasteiger partial charge in [0, 0.05) is 42.5 Å². The second-order valence-corrected chi connectivity index (χ2v) is 9.97. The highest BCUT2D eigenvalue weighted by atomic mass is 32.1. The highest BCUT2D eigenvalue weighted by Crippen LogP contribution is 2.58. The van der Waals surface area contributed by atoms with E-state index < -0.39 is 0 Å². The quantitative estimate of drug-likeness (QED) is 0.518. The van der Waals surface area contributed by atoms with Crippen LogP contribution >= 0.6 is 11.3 Å². The van der Waals surface area contributed by atoms with Gasteiger partial charge < -0.3 is 15.7 Å². The van der Waals surface area contributed by atoms with Gasteiger partial charge in [0.05, 0.1) is 17.6 Å². The van der Waals surface area contributed by atoms with Crippen molar-refractivity contribution >= 4 is 33.8 Å². The van der Waals surface area contributed by atoms with Gasteiger partial charge >= 0.3 is 0 Å². The summed E-state index contributed by atoms with van der Waals surface area (Å²) < 4.78 is 1.83. The second-order valence-electron chi connectivity index (χ2n) is 8.86. The lowest BCUT2D eigenvalue weighted by atomic mass is 9.57. The molecule has 0 amide bonds. The van der Waals surface area contributed by atoms with Gasteiger partial charge in [0.1, 0.15) is 5.52 Å². The summed E-state index contributed by atoms with van der Waals surface area (Å²) in [6.07, 6.45) is 9.88. The Labute approximate surface area is 183 Å². The molecule has 0 aromatic carbocycles. The van der Waals surface area contributed by atoms with E-state index in [9.17, 15) is 5.11 Å². The second kappa shape index (κ2) is 7.15. The van der Waals surface area contributed by atoms with Crippen molar-refractivity contribution in [3.63, 3.8) is 0 Å². The Balaban J connectivity index is 1.18. The number of fused-ring (bicyclic) bond motifs is 1. The van der Waals surface area contributed by atoms with Crippen molar-refractivity contribution in [3.8, 4) is 6.07 Å². The molecule has 6 rings (SSSR count). The summed E-state index contributed by atoms with van der Waals surface area (Å²) in [7, 11) is 0. The zero-order valence-corrected chi connectivity index (χ0v) is 17.8. The van der Waals surface area contributed by atoms with Gasteiger partial charge in [-0.1, -0.05) is 11.3 Å². The number of nitriles is 1. The van der Waals surface area contributed by atoms with Crippen molar-refractivity contribution in [2.75, 3.05) is 10.6 Å². The van der Waals surface area contributed by atoms with Crippen LogP contribution in [0.15, 0.2) is 24.5 Å². The minimum Gasteiger partial charge on any atom is -0.391 e. The zero-order valence-electron chi connectivity index (χ0n) is 17.0. The summed E-state index contributed by atoms with van der Waals surface area (Å²) in [5, 5.41) is 30.5. The molecular formula is C21H24N8OS. The van der Waals surface area contributed by atoms with Gasteiger partial charge in [-0.15, -0.1) is 5.10 Å². The summed E-state index contributed by atoms with van der Waals surface area (Å²) in [6.45, 7) is -0.0186. The summed E-state index contributed by atoms with van der Waals surface area (Å²) in [5.74, 6) is 1.31. The minimum atomic E-state index is -0.0186. The number of rotatable bonds is 7. The van der Waals surface area contributed by atoms with Crippen LogP contribution in [0.25, 0.3) is 5.52 Å². The number of hydrogen-bond acceptors (Lipinski definition) is 9. The maximum atomic E-state index is 9.30. The molecule has 160 valence electrons. The van der Waals surface area contributed by atoms with Crippen LogP contribution in [0.2, 0.25) is 0 Å². The van der Waals surface area contributed by atoms with Crippen molar-refractivity contribution in [1.82, 2.24) is 24.5 Å². The molecule has 3 aliphatic rings. The number of piperidine rings is 2. The third-order valence-corrected chi connectivity index (χ3v) is 7.94. The highest BCUT2D eigenvalue weighted by Gasteiger charge is 2.64. The van der Waals surface area contributed by atoms with Crippen LogP contribution in [0, 0.1) is 11.3 Å². The zero-order chi connectivity index (χ0) is 21.0. The molecule has 4 atom stereocenters. The number of aromatic nitrogens is 4. The molecule has 3 fully saturated rings. The molecule has 0 aliphatic carbocycles. The third kappa shape index (κ3) is 3.07. The van der Waals surface area contributed by atoms with Crippen molar-refractivity contribution < 1.29 is 5.11 Å². The van der Waals surface area contributed by atoms with Crippen LogP contribution in [-0.4, -0.2) is 53.3 Å². The van der Waals surface area contributed by atoms with Gasteiger partial charge in [-0.25, -0.2) is 9.50 Å². The van der Waals surface area contributed by atoms with E-state index in [1.54, 1.807) is 6.20 Å². The fraction of sp³-hybridized carbons (Fsp3) is 0.524. The Bertz CT molecular complexity index is 1150. The third-order valence-electron chi connectivity index (χ3n) is 7.04. The molecule has 3 saturated heterocycles. The Kier molecular flexibility index (Phi) is 4.38.